The van der Waals surface area contributed by atoms with Crippen molar-refractivity contribution in [3.8, 4) is 0 Å². The lowest BCUT2D eigenvalue weighted by Gasteiger charge is -2.13. The molecule has 0 unspecified atom stereocenters. The quantitative estimate of drug-likeness (QED) is 0.832. The van der Waals surface area contributed by atoms with E-state index >= 15 is 0 Å². The SMILES string of the molecule is CCNC(=O)NC(=O)CN1Cc2ccccc2C1. The predicted molar refractivity (Wildman–Crippen MR) is 67.8 cm³/mol. The van der Waals surface area contributed by atoms with Crippen molar-refractivity contribution >= 4 is 11.9 Å². The average Bonchev–Trinajstić information content (AvgIpc) is 2.70. The van der Waals surface area contributed by atoms with Crippen LogP contribution in [0.3, 0.4) is 0 Å². The summed E-state index contributed by atoms with van der Waals surface area (Å²) in [6.45, 7) is 4.08. The first-order chi connectivity index (χ1) is 8.69. The zero-order valence-corrected chi connectivity index (χ0v) is 10.4. The number of hydrogen-bond acceptors (Lipinski definition) is 3. The summed E-state index contributed by atoms with van der Waals surface area (Å²) in [5.41, 5.74) is 2.51. The lowest BCUT2D eigenvalue weighted by molar-refractivity contribution is -0.121. The molecule has 3 amide bonds. The second kappa shape index (κ2) is 5.64. The number of fused-ring (bicyclic) bond motifs is 1. The van der Waals surface area contributed by atoms with Gasteiger partial charge in [-0.2, -0.15) is 0 Å². The van der Waals surface area contributed by atoms with E-state index in [0.717, 1.165) is 13.1 Å². The van der Waals surface area contributed by atoms with Crippen LogP contribution in [-0.2, 0) is 17.9 Å². The summed E-state index contributed by atoms with van der Waals surface area (Å²) in [4.78, 5) is 24.8. The van der Waals surface area contributed by atoms with E-state index in [1.807, 2.05) is 17.0 Å². The Balaban J connectivity index is 1.82. The molecular weight excluding hydrogens is 230 g/mol. The number of urea groups is 1. The first-order valence-corrected chi connectivity index (χ1v) is 6.06. The number of carbonyl (C=O) groups excluding carboxylic acids is 2. The molecule has 5 nitrogen and oxygen atoms in total. The Labute approximate surface area is 106 Å². The third kappa shape index (κ3) is 3.07. The number of hydrogen-bond donors (Lipinski definition) is 2. The number of carbonyl (C=O) groups is 2. The highest BCUT2D eigenvalue weighted by atomic mass is 16.2. The Bertz CT molecular complexity index is 434. The molecule has 2 rings (SSSR count). The molecule has 0 saturated carbocycles. The molecule has 0 fully saturated rings. The smallest absolute Gasteiger partial charge is 0.321 e. The van der Waals surface area contributed by atoms with Crippen LogP contribution in [-0.4, -0.2) is 29.9 Å². The van der Waals surface area contributed by atoms with E-state index in [1.54, 1.807) is 6.92 Å². The molecular formula is C13H17N3O2. The van der Waals surface area contributed by atoms with E-state index < -0.39 is 6.03 Å². The van der Waals surface area contributed by atoms with Crippen LogP contribution in [0.5, 0.6) is 0 Å². The molecule has 1 aliphatic rings. The fraction of sp³-hybridized carbons (Fsp3) is 0.385. The highest BCUT2D eigenvalue weighted by molar-refractivity contribution is 5.95. The summed E-state index contributed by atoms with van der Waals surface area (Å²) in [7, 11) is 0. The third-order valence-corrected chi connectivity index (χ3v) is 2.86. The van der Waals surface area contributed by atoms with Gasteiger partial charge in [0.15, 0.2) is 0 Å². The first kappa shape index (κ1) is 12.6. The van der Waals surface area contributed by atoms with Crippen molar-refractivity contribution in [3.05, 3.63) is 35.4 Å². The summed E-state index contributed by atoms with van der Waals surface area (Å²) in [5.74, 6) is -0.270. The van der Waals surface area contributed by atoms with E-state index in [9.17, 15) is 9.59 Å². The highest BCUT2D eigenvalue weighted by Gasteiger charge is 2.20. The van der Waals surface area contributed by atoms with Crippen LogP contribution in [0.15, 0.2) is 24.3 Å². The van der Waals surface area contributed by atoms with Gasteiger partial charge in [0.05, 0.1) is 6.54 Å². The van der Waals surface area contributed by atoms with Crippen molar-refractivity contribution in [2.24, 2.45) is 0 Å². The van der Waals surface area contributed by atoms with Crippen LogP contribution in [0, 0.1) is 0 Å². The lowest BCUT2D eigenvalue weighted by atomic mass is 10.1. The molecule has 2 N–H and O–H groups in total. The fourth-order valence-corrected chi connectivity index (χ4v) is 2.09. The second-order valence-corrected chi connectivity index (χ2v) is 4.32. The Morgan fingerprint density at radius 2 is 1.83 bits per heavy atom. The molecule has 5 heteroatoms. The lowest BCUT2D eigenvalue weighted by Crippen LogP contribution is -2.43. The van der Waals surface area contributed by atoms with Gasteiger partial charge in [-0.1, -0.05) is 24.3 Å². The molecule has 1 aromatic carbocycles. The van der Waals surface area contributed by atoms with Gasteiger partial charge in [0.2, 0.25) is 5.91 Å². The zero-order valence-electron chi connectivity index (χ0n) is 10.4. The Morgan fingerprint density at radius 3 is 2.39 bits per heavy atom. The Morgan fingerprint density at radius 1 is 1.22 bits per heavy atom. The van der Waals surface area contributed by atoms with Crippen molar-refractivity contribution in [3.63, 3.8) is 0 Å². The maximum atomic E-state index is 11.6. The minimum atomic E-state index is -0.431. The van der Waals surface area contributed by atoms with E-state index in [-0.39, 0.29) is 12.5 Å². The molecule has 1 aromatic rings. The average molecular weight is 247 g/mol. The molecule has 1 aliphatic heterocycles. The molecule has 0 spiro atoms. The number of nitrogens with zero attached hydrogens (tertiary/aromatic N) is 1. The monoisotopic (exact) mass is 247 g/mol. The number of rotatable bonds is 3. The molecule has 0 aromatic heterocycles. The molecule has 1 heterocycles. The third-order valence-electron chi connectivity index (χ3n) is 2.86. The normalized spacial score (nSPS) is 14.1. The summed E-state index contributed by atoms with van der Waals surface area (Å²) in [6, 6.07) is 7.70. The molecule has 0 radical (unpaired) electrons. The van der Waals surface area contributed by atoms with Gasteiger partial charge < -0.3 is 5.32 Å². The van der Waals surface area contributed by atoms with Crippen LogP contribution >= 0.6 is 0 Å². The van der Waals surface area contributed by atoms with Gasteiger partial charge in [0, 0.05) is 19.6 Å². The van der Waals surface area contributed by atoms with Crippen molar-refractivity contribution < 1.29 is 9.59 Å². The molecule has 0 bridgehead atoms. The minimum Gasteiger partial charge on any atom is -0.338 e. The summed E-state index contributed by atoms with van der Waals surface area (Å²) in [6.07, 6.45) is 0. The molecule has 96 valence electrons. The molecule has 0 saturated heterocycles. The van der Waals surface area contributed by atoms with Crippen LogP contribution in [0.1, 0.15) is 18.1 Å². The van der Waals surface area contributed by atoms with E-state index in [1.165, 1.54) is 11.1 Å². The number of benzene rings is 1. The van der Waals surface area contributed by atoms with Crippen LogP contribution < -0.4 is 10.6 Å². The largest absolute Gasteiger partial charge is 0.338 e. The number of imide groups is 1. The Kier molecular flexibility index (Phi) is 3.94. The van der Waals surface area contributed by atoms with Gasteiger partial charge in [0.1, 0.15) is 0 Å². The second-order valence-electron chi connectivity index (χ2n) is 4.32. The first-order valence-electron chi connectivity index (χ1n) is 6.06. The van der Waals surface area contributed by atoms with E-state index in [2.05, 4.69) is 22.8 Å². The van der Waals surface area contributed by atoms with Gasteiger partial charge in [-0.15, -0.1) is 0 Å². The predicted octanol–water partition coefficient (Wildman–Crippen LogP) is 0.848. The van der Waals surface area contributed by atoms with Crippen molar-refractivity contribution in [1.29, 1.82) is 0 Å². The van der Waals surface area contributed by atoms with Crippen molar-refractivity contribution in [2.75, 3.05) is 13.1 Å². The van der Waals surface area contributed by atoms with Gasteiger partial charge >= 0.3 is 6.03 Å². The number of nitrogens with one attached hydrogen (secondary N) is 2. The zero-order chi connectivity index (χ0) is 13.0. The summed E-state index contributed by atoms with van der Waals surface area (Å²) in [5, 5.41) is 4.83. The summed E-state index contributed by atoms with van der Waals surface area (Å²) >= 11 is 0. The van der Waals surface area contributed by atoms with Crippen LogP contribution in [0.2, 0.25) is 0 Å². The molecule has 18 heavy (non-hydrogen) atoms. The van der Waals surface area contributed by atoms with Crippen molar-refractivity contribution in [1.82, 2.24) is 15.5 Å². The fourth-order valence-electron chi connectivity index (χ4n) is 2.09. The topological polar surface area (TPSA) is 61.4 Å². The minimum absolute atomic E-state index is 0.242. The van der Waals surface area contributed by atoms with Gasteiger partial charge in [-0.05, 0) is 18.1 Å². The summed E-state index contributed by atoms with van der Waals surface area (Å²) < 4.78 is 0. The van der Waals surface area contributed by atoms with Crippen LogP contribution in [0.4, 0.5) is 4.79 Å². The molecule has 0 aliphatic carbocycles. The standard InChI is InChI=1S/C13H17N3O2/c1-2-14-13(18)15-12(17)9-16-7-10-5-3-4-6-11(10)8-16/h3-6H,2,7-9H2,1H3,(H2,14,15,17,18). The maximum absolute atomic E-state index is 11.6. The van der Waals surface area contributed by atoms with E-state index in [0.29, 0.717) is 6.54 Å². The Hall–Kier alpha value is -1.88. The van der Waals surface area contributed by atoms with Gasteiger partial charge in [-0.25, -0.2) is 4.79 Å². The van der Waals surface area contributed by atoms with Gasteiger partial charge in [0.25, 0.3) is 0 Å². The highest BCUT2D eigenvalue weighted by Crippen LogP contribution is 2.21. The maximum Gasteiger partial charge on any atom is 0.321 e. The van der Waals surface area contributed by atoms with Crippen LogP contribution in [0.25, 0.3) is 0 Å². The van der Waals surface area contributed by atoms with E-state index in [4.69, 9.17) is 0 Å². The van der Waals surface area contributed by atoms with Gasteiger partial charge in [-0.3, -0.25) is 15.0 Å². The van der Waals surface area contributed by atoms with Crippen molar-refractivity contribution in [2.45, 2.75) is 20.0 Å². The number of amides is 3. The molecule has 0 atom stereocenters.